The molecular weight excluding hydrogens is 540 g/mol. The number of fused-ring (bicyclic) bond motifs is 1. The van der Waals surface area contributed by atoms with Crippen LogP contribution in [0.15, 0.2) is 66.0 Å². The maximum atomic E-state index is 14.1. The van der Waals surface area contributed by atoms with Crippen molar-refractivity contribution in [3.8, 4) is 0 Å². The largest absolute Gasteiger partial charge is 0.378 e. The lowest BCUT2D eigenvalue weighted by Gasteiger charge is -2.32. The molecule has 1 N–H and O–H groups in total. The van der Waals surface area contributed by atoms with Crippen molar-refractivity contribution in [2.75, 3.05) is 44.4 Å². The monoisotopic (exact) mass is 574 g/mol. The molecule has 6 rings (SSSR count). The zero-order valence-electron chi connectivity index (χ0n) is 22.9. The number of amides is 2. The van der Waals surface area contributed by atoms with Gasteiger partial charge in [0, 0.05) is 36.8 Å². The quantitative estimate of drug-likeness (QED) is 0.310. The molecule has 2 aromatic heterocycles. The molecule has 10 nitrogen and oxygen atoms in total. The van der Waals surface area contributed by atoms with Gasteiger partial charge in [0.05, 0.1) is 31.4 Å². The molecule has 0 bridgehead atoms. The smallest absolute Gasteiger partial charge is 0.247 e. The summed E-state index contributed by atoms with van der Waals surface area (Å²) in [5.74, 6) is -0.448. The summed E-state index contributed by atoms with van der Waals surface area (Å²) in [4.78, 5) is 33.0. The number of thiophene rings is 1. The van der Waals surface area contributed by atoms with Crippen LogP contribution in [0, 0.1) is 0 Å². The number of ether oxygens (including phenoxy) is 2. The Hall–Kier alpha value is -3.80. The lowest BCUT2D eigenvalue weighted by Crippen LogP contribution is -2.46. The van der Waals surface area contributed by atoms with Crippen LogP contribution >= 0.6 is 11.3 Å². The van der Waals surface area contributed by atoms with E-state index in [1.807, 2.05) is 66.0 Å². The van der Waals surface area contributed by atoms with Crippen LogP contribution in [0.5, 0.6) is 0 Å². The summed E-state index contributed by atoms with van der Waals surface area (Å²) in [7, 11) is 0. The van der Waals surface area contributed by atoms with E-state index in [4.69, 9.17) is 9.47 Å². The molecule has 0 spiro atoms. The molecular formula is C30H34N6O4S. The summed E-state index contributed by atoms with van der Waals surface area (Å²) >= 11 is 1.56. The highest BCUT2D eigenvalue weighted by atomic mass is 32.1. The molecule has 2 aliphatic rings. The number of aromatic nitrogens is 3. The summed E-state index contributed by atoms with van der Waals surface area (Å²) in [6.45, 7) is 4.41. The maximum Gasteiger partial charge on any atom is 0.247 e. The van der Waals surface area contributed by atoms with Gasteiger partial charge in [0.15, 0.2) is 0 Å². The van der Waals surface area contributed by atoms with Gasteiger partial charge in [-0.1, -0.05) is 35.5 Å². The number of nitrogens with one attached hydrogen (secondary N) is 1. The van der Waals surface area contributed by atoms with Crippen molar-refractivity contribution in [3.63, 3.8) is 0 Å². The van der Waals surface area contributed by atoms with Gasteiger partial charge in [-0.15, -0.1) is 16.4 Å². The van der Waals surface area contributed by atoms with E-state index >= 15 is 0 Å². The molecule has 2 atom stereocenters. The van der Waals surface area contributed by atoms with E-state index in [9.17, 15) is 9.59 Å². The Morgan fingerprint density at radius 3 is 2.63 bits per heavy atom. The van der Waals surface area contributed by atoms with Gasteiger partial charge in [-0.3, -0.25) is 9.59 Å². The van der Waals surface area contributed by atoms with Gasteiger partial charge in [0.2, 0.25) is 11.8 Å². The summed E-state index contributed by atoms with van der Waals surface area (Å²) < 4.78 is 12.8. The highest BCUT2D eigenvalue weighted by molar-refractivity contribution is 7.09. The van der Waals surface area contributed by atoms with Crippen molar-refractivity contribution in [2.24, 2.45) is 0 Å². The third kappa shape index (κ3) is 6.42. The minimum Gasteiger partial charge on any atom is -0.378 e. The highest BCUT2D eigenvalue weighted by Gasteiger charge is 2.33. The van der Waals surface area contributed by atoms with Crippen LogP contribution in [-0.4, -0.2) is 77.3 Å². The molecule has 11 heteroatoms. The Morgan fingerprint density at radius 1 is 1.05 bits per heavy atom. The normalized spacial score (nSPS) is 18.0. The van der Waals surface area contributed by atoms with Crippen molar-refractivity contribution in [2.45, 2.75) is 38.1 Å². The van der Waals surface area contributed by atoms with Crippen LogP contribution in [0.25, 0.3) is 11.0 Å². The topological polar surface area (TPSA) is 102 Å². The fraction of sp³-hybridized carbons (Fsp3) is 0.400. The summed E-state index contributed by atoms with van der Waals surface area (Å²) in [5.41, 5.74) is 3.31. The highest BCUT2D eigenvalue weighted by Crippen LogP contribution is 2.28. The third-order valence-electron chi connectivity index (χ3n) is 7.60. The summed E-state index contributed by atoms with van der Waals surface area (Å²) in [6, 6.07) is 18.6. The first-order valence-corrected chi connectivity index (χ1v) is 15.0. The fourth-order valence-corrected chi connectivity index (χ4v) is 6.13. The van der Waals surface area contributed by atoms with E-state index in [0.29, 0.717) is 32.9 Å². The molecule has 2 amide bonds. The van der Waals surface area contributed by atoms with Gasteiger partial charge in [-0.2, -0.15) is 0 Å². The maximum absolute atomic E-state index is 14.1. The Morgan fingerprint density at radius 2 is 1.88 bits per heavy atom. The number of anilines is 1. The second kappa shape index (κ2) is 12.8. The first-order valence-electron chi connectivity index (χ1n) is 14.1. The zero-order chi connectivity index (χ0) is 28.0. The van der Waals surface area contributed by atoms with Crippen LogP contribution in [-0.2, 0) is 32.2 Å². The molecule has 41 heavy (non-hydrogen) atoms. The van der Waals surface area contributed by atoms with Crippen LogP contribution < -0.4 is 10.2 Å². The molecule has 2 aromatic carbocycles. The van der Waals surface area contributed by atoms with Crippen molar-refractivity contribution < 1.29 is 19.1 Å². The Labute approximate surface area is 242 Å². The van der Waals surface area contributed by atoms with Crippen LogP contribution in [0.4, 0.5) is 5.69 Å². The minimum atomic E-state index is -0.834. The second-order valence-corrected chi connectivity index (χ2v) is 11.3. The number of carbonyl (C=O) groups excluding carboxylic acids is 2. The van der Waals surface area contributed by atoms with Crippen molar-refractivity contribution in [3.05, 3.63) is 76.5 Å². The number of hydrogen-bond acceptors (Lipinski definition) is 8. The van der Waals surface area contributed by atoms with Crippen molar-refractivity contribution in [1.29, 1.82) is 0 Å². The predicted molar refractivity (Wildman–Crippen MR) is 157 cm³/mol. The standard InChI is InChI=1S/C30H34N6O4S/c37-28(21-36-27-8-2-1-7-26(27)32-33-36)35(20-25-6-4-18-41-25)29(30(38)31-19-24-5-3-15-40-24)22-9-11-23(12-10-22)34-13-16-39-17-14-34/h1-2,4,6-12,18,24,29H,3,5,13-17,19-21H2,(H,31,38)/t24-,29+/m1/s1. The number of rotatable bonds is 10. The number of carbonyl (C=O) groups is 2. The van der Waals surface area contributed by atoms with Crippen molar-refractivity contribution >= 4 is 39.9 Å². The van der Waals surface area contributed by atoms with E-state index in [1.165, 1.54) is 0 Å². The molecule has 2 fully saturated rings. The molecule has 0 radical (unpaired) electrons. The number of para-hydroxylation sites is 1. The fourth-order valence-electron chi connectivity index (χ4n) is 5.43. The summed E-state index contributed by atoms with van der Waals surface area (Å²) in [6.07, 6.45) is 1.89. The molecule has 0 saturated carbocycles. The molecule has 214 valence electrons. The van der Waals surface area contributed by atoms with Crippen LogP contribution in [0.2, 0.25) is 0 Å². The average Bonchev–Trinajstić information content (AvgIpc) is 3.80. The van der Waals surface area contributed by atoms with Crippen LogP contribution in [0.1, 0.15) is 29.3 Å². The molecule has 4 heterocycles. The minimum absolute atomic E-state index is 0.00810. The van der Waals surface area contributed by atoms with Gasteiger partial charge in [0.1, 0.15) is 18.1 Å². The number of morpholine rings is 1. The first-order chi connectivity index (χ1) is 20.2. The third-order valence-corrected chi connectivity index (χ3v) is 8.47. The van der Waals surface area contributed by atoms with E-state index in [2.05, 4.69) is 20.5 Å². The number of nitrogens with zero attached hydrogens (tertiary/aromatic N) is 5. The number of hydrogen-bond donors (Lipinski definition) is 1. The van der Waals surface area contributed by atoms with Gasteiger partial charge >= 0.3 is 0 Å². The average molecular weight is 575 g/mol. The van der Waals surface area contributed by atoms with Gasteiger partial charge in [0.25, 0.3) is 0 Å². The molecule has 4 aromatic rings. The van der Waals surface area contributed by atoms with Gasteiger partial charge in [-0.05, 0) is 54.1 Å². The molecule has 2 aliphatic heterocycles. The van der Waals surface area contributed by atoms with E-state index < -0.39 is 6.04 Å². The molecule has 0 unspecified atom stereocenters. The lowest BCUT2D eigenvalue weighted by molar-refractivity contribution is -0.142. The second-order valence-electron chi connectivity index (χ2n) is 10.3. The van der Waals surface area contributed by atoms with Gasteiger partial charge < -0.3 is 24.6 Å². The van der Waals surface area contributed by atoms with Crippen LogP contribution in [0.3, 0.4) is 0 Å². The van der Waals surface area contributed by atoms with E-state index in [-0.39, 0.29) is 24.5 Å². The number of benzene rings is 2. The van der Waals surface area contributed by atoms with Gasteiger partial charge in [-0.25, -0.2) is 4.68 Å². The Balaban J connectivity index is 1.32. The van der Waals surface area contributed by atoms with E-state index in [0.717, 1.165) is 53.1 Å². The zero-order valence-corrected chi connectivity index (χ0v) is 23.7. The Kier molecular flexibility index (Phi) is 8.54. The predicted octanol–water partition coefficient (Wildman–Crippen LogP) is 3.39. The Bertz CT molecular complexity index is 1450. The molecule has 2 saturated heterocycles. The lowest BCUT2D eigenvalue weighted by atomic mass is 10.0. The first kappa shape index (κ1) is 27.4. The molecule has 0 aliphatic carbocycles. The van der Waals surface area contributed by atoms with Crippen molar-refractivity contribution in [1.82, 2.24) is 25.2 Å². The van der Waals surface area contributed by atoms with E-state index in [1.54, 1.807) is 20.9 Å². The summed E-state index contributed by atoms with van der Waals surface area (Å²) in [5, 5.41) is 13.5. The SMILES string of the molecule is O=C(NC[C@H]1CCCO1)[C@H](c1ccc(N2CCOCC2)cc1)N(Cc1cccs1)C(=O)Cn1nnc2ccccc21.